The molecule has 1 amide bonds. The number of aliphatic hydroxyl groups is 1. The van der Waals surface area contributed by atoms with Gasteiger partial charge in [0.15, 0.2) is 5.65 Å². The molecule has 2 aromatic heterocycles. The Balaban J connectivity index is 1.28. The summed E-state index contributed by atoms with van der Waals surface area (Å²) >= 11 is 0. The number of nitrogens with one attached hydrogen (secondary N) is 3. The zero-order valence-electron chi connectivity index (χ0n) is 17.6. The summed E-state index contributed by atoms with van der Waals surface area (Å²) < 4.78 is 13.2. The second-order valence-corrected chi connectivity index (χ2v) is 9.82. The molecule has 0 aliphatic heterocycles. The number of benzene rings is 1. The van der Waals surface area contributed by atoms with Gasteiger partial charge in [0.25, 0.3) is 5.91 Å². The number of rotatable bonds is 5. The molecular weight excluding hydrogens is 409 g/mol. The van der Waals surface area contributed by atoms with Crippen molar-refractivity contribution in [1.29, 1.82) is 0 Å². The Morgan fingerprint density at radius 1 is 1.16 bits per heavy atom. The van der Waals surface area contributed by atoms with Crippen LogP contribution in [0.4, 0.5) is 10.1 Å². The predicted octanol–water partition coefficient (Wildman–Crippen LogP) is 3.38. The lowest BCUT2D eigenvalue weighted by atomic mass is 9.52. The predicted molar refractivity (Wildman–Crippen MR) is 117 cm³/mol. The third-order valence-electron chi connectivity index (χ3n) is 7.61. The summed E-state index contributed by atoms with van der Waals surface area (Å²) in [7, 11) is 0. The minimum Gasteiger partial charge on any atom is -0.390 e. The molecule has 7 nitrogen and oxygen atoms in total. The topological polar surface area (TPSA) is 103 Å². The third-order valence-corrected chi connectivity index (χ3v) is 7.61. The smallest absolute Gasteiger partial charge is 0.255 e. The summed E-state index contributed by atoms with van der Waals surface area (Å²) in [6.07, 6.45) is 7.98. The number of aromatic nitrogens is 3. The second kappa shape index (κ2) is 7.27. The average Bonchev–Trinajstić information content (AvgIpc) is 3.24. The zero-order chi connectivity index (χ0) is 21.9. The lowest BCUT2D eigenvalue weighted by molar-refractivity contribution is -0.129. The van der Waals surface area contributed by atoms with Gasteiger partial charge in [0.1, 0.15) is 11.3 Å². The van der Waals surface area contributed by atoms with Crippen molar-refractivity contribution in [2.45, 2.75) is 50.3 Å². The molecule has 0 spiro atoms. The van der Waals surface area contributed by atoms with E-state index in [0.29, 0.717) is 46.7 Å². The molecule has 4 bridgehead atoms. The molecule has 4 aliphatic carbocycles. The van der Waals surface area contributed by atoms with E-state index in [9.17, 15) is 14.3 Å². The van der Waals surface area contributed by atoms with E-state index in [1.54, 1.807) is 24.7 Å². The van der Waals surface area contributed by atoms with Crippen LogP contribution in [0.3, 0.4) is 0 Å². The van der Waals surface area contributed by atoms with Gasteiger partial charge in [0.05, 0.1) is 23.2 Å². The van der Waals surface area contributed by atoms with Crippen molar-refractivity contribution in [2.75, 3.05) is 5.32 Å². The Bertz CT molecular complexity index is 1160. The van der Waals surface area contributed by atoms with Crippen LogP contribution in [0.2, 0.25) is 0 Å². The number of hydrogen-bond donors (Lipinski definition) is 4. The lowest BCUT2D eigenvalue weighted by Crippen LogP contribution is -2.59. The molecular formula is C24H26FN5O2. The molecule has 3 aromatic rings. The van der Waals surface area contributed by atoms with Crippen molar-refractivity contribution >= 4 is 22.8 Å². The molecule has 8 heteroatoms. The molecule has 1 unspecified atom stereocenters. The minimum absolute atomic E-state index is 0.206. The maximum absolute atomic E-state index is 13.2. The maximum atomic E-state index is 13.2. The van der Waals surface area contributed by atoms with Gasteiger partial charge in [-0.05, 0) is 67.6 Å². The van der Waals surface area contributed by atoms with Crippen LogP contribution >= 0.6 is 0 Å². The number of amides is 1. The first-order valence-electron chi connectivity index (χ1n) is 11.3. The number of carbonyl (C=O) groups excluding carboxylic acids is 1. The number of pyridine rings is 1. The van der Waals surface area contributed by atoms with Crippen LogP contribution < -0.4 is 10.6 Å². The number of fused-ring (bicyclic) bond motifs is 1. The van der Waals surface area contributed by atoms with E-state index in [2.05, 4.69) is 25.6 Å². The first-order valence-corrected chi connectivity index (χ1v) is 11.3. The van der Waals surface area contributed by atoms with Crippen LogP contribution in [0.5, 0.6) is 0 Å². The molecule has 32 heavy (non-hydrogen) atoms. The molecule has 1 aromatic carbocycles. The number of hydrogen-bond acceptors (Lipinski definition) is 5. The highest BCUT2D eigenvalue weighted by molar-refractivity contribution is 6.05. The third kappa shape index (κ3) is 3.33. The number of nitrogens with zero attached hydrogens (tertiary/aromatic N) is 2. The van der Waals surface area contributed by atoms with Gasteiger partial charge < -0.3 is 20.7 Å². The van der Waals surface area contributed by atoms with Crippen LogP contribution in [0.15, 0.2) is 36.8 Å². The maximum Gasteiger partial charge on any atom is 0.255 e. The number of imidazole rings is 1. The molecule has 0 saturated heterocycles. The fourth-order valence-electron chi connectivity index (χ4n) is 6.47. The number of halogens is 1. The largest absolute Gasteiger partial charge is 0.390 e. The van der Waals surface area contributed by atoms with Gasteiger partial charge in [-0.15, -0.1) is 0 Å². The Labute approximate surface area is 184 Å². The summed E-state index contributed by atoms with van der Waals surface area (Å²) in [4.78, 5) is 25.0. The van der Waals surface area contributed by atoms with E-state index in [0.717, 1.165) is 37.7 Å². The summed E-state index contributed by atoms with van der Waals surface area (Å²) in [5.41, 5.74) is 2.72. The van der Waals surface area contributed by atoms with Crippen LogP contribution in [0.1, 0.15) is 48.0 Å². The molecule has 5 atom stereocenters. The fraction of sp³-hybridized carbons (Fsp3) is 0.458. The van der Waals surface area contributed by atoms with Crippen molar-refractivity contribution in [3.8, 4) is 0 Å². The van der Waals surface area contributed by atoms with E-state index in [1.807, 2.05) is 0 Å². The van der Waals surface area contributed by atoms with E-state index in [1.165, 1.54) is 12.1 Å². The second-order valence-electron chi connectivity index (χ2n) is 9.82. The number of aromatic amines is 1. The van der Waals surface area contributed by atoms with E-state index in [-0.39, 0.29) is 17.8 Å². The molecule has 166 valence electrons. The van der Waals surface area contributed by atoms with Gasteiger partial charge in [-0.2, -0.15) is 0 Å². The highest BCUT2D eigenvalue weighted by Gasteiger charge is 2.54. The van der Waals surface area contributed by atoms with Gasteiger partial charge >= 0.3 is 0 Å². The monoisotopic (exact) mass is 435 g/mol. The summed E-state index contributed by atoms with van der Waals surface area (Å²) in [6, 6.07) is 6.28. The zero-order valence-corrected chi connectivity index (χ0v) is 17.6. The summed E-state index contributed by atoms with van der Waals surface area (Å²) in [5.74, 6) is 0.834. The molecule has 7 rings (SSSR count). The van der Waals surface area contributed by atoms with Crippen molar-refractivity contribution in [1.82, 2.24) is 20.3 Å². The Morgan fingerprint density at radius 3 is 2.62 bits per heavy atom. The van der Waals surface area contributed by atoms with Crippen LogP contribution in [-0.4, -0.2) is 37.6 Å². The van der Waals surface area contributed by atoms with Gasteiger partial charge in [-0.25, -0.2) is 14.4 Å². The highest BCUT2D eigenvalue weighted by Crippen LogP contribution is 2.56. The lowest BCUT2D eigenvalue weighted by Gasteiger charge is -2.58. The first kappa shape index (κ1) is 19.7. The van der Waals surface area contributed by atoms with Crippen molar-refractivity contribution < 1.29 is 14.3 Å². The molecule has 2 heterocycles. The van der Waals surface area contributed by atoms with E-state index < -0.39 is 5.60 Å². The van der Waals surface area contributed by atoms with Crippen molar-refractivity contribution in [3.05, 3.63) is 53.7 Å². The Kier molecular flexibility index (Phi) is 4.47. The SMILES string of the molecule is O=C(NCc1ccc(F)cc1)c1cnc2[nH]cnc2c1N[C@H]1[C@@H]2CC3C[C@H]1C[C@](O)(C3)C2. The normalized spacial score (nSPS) is 30.6. The molecule has 4 aliphatic rings. The molecule has 0 radical (unpaired) electrons. The number of carbonyl (C=O) groups is 1. The van der Waals surface area contributed by atoms with E-state index >= 15 is 0 Å². The highest BCUT2D eigenvalue weighted by atomic mass is 19.1. The quantitative estimate of drug-likeness (QED) is 0.492. The number of anilines is 1. The summed E-state index contributed by atoms with van der Waals surface area (Å²) in [5, 5.41) is 17.5. The number of H-pyrrole nitrogens is 1. The summed E-state index contributed by atoms with van der Waals surface area (Å²) in [6.45, 7) is 0.292. The van der Waals surface area contributed by atoms with Gasteiger partial charge in [-0.1, -0.05) is 12.1 Å². The van der Waals surface area contributed by atoms with Crippen molar-refractivity contribution in [2.24, 2.45) is 17.8 Å². The van der Waals surface area contributed by atoms with Gasteiger partial charge in [0, 0.05) is 18.8 Å². The van der Waals surface area contributed by atoms with Gasteiger partial charge in [-0.3, -0.25) is 4.79 Å². The van der Waals surface area contributed by atoms with Crippen LogP contribution in [0, 0.1) is 23.6 Å². The standard InChI is InChI=1S/C24H26FN5O2/c25-17-3-1-13(2-4-17)10-27-23(31)18-11-26-22-21(28-12-29-22)20(18)30-19-15-5-14-6-16(19)9-24(32,7-14)8-15/h1-4,11-12,14-16,19,32H,5-10H2,(H,27,31)(H2,26,28,29,30)/t14?,15-,16+,19+,24+. The molecule has 4 saturated carbocycles. The minimum atomic E-state index is -0.510. The average molecular weight is 436 g/mol. The molecule has 4 N–H and O–H groups in total. The Morgan fingerprint density at radius 2 is 1.91 bits per heavy atom. The van der Waals surface area contributed by atoms with Crippen LogP contribution in [-0.2, 0) is 6.54 Å². The van der Waals surface area contributed by atoms with Gasteiger partial charge in [0.2, 0.25) is 0 Å². The first-order chi connectivity index (χ1) is 15.5. The van der Waals surface area contributed by atoms with Crippen molar-refractivity contribution in [3.63, 3.8) is 0 Å². The van der Waals surface area contributed by atoms with E-state index in [4.69, 9.17) is 0 Å². The Hall–Kier alpha value is -3.00. The van der Waals surface area contributed by atoms with Crippen LogP contribution in [0.25, 0.3) is 11.2 Å². The fourth-order valence-corrected chi connectivity index (χ4v) is 6.47. The molecule has 4 fully saturated rings.